The molecular weight excluding hydrogens is 240 g/mol. The van der Waals surface area contributed by atoms with Crippen LogP contribution in [0.25, 0.3) is 0 Å². The molecule has 0 aliphatic heterocycles. The minimum Gasteiger partial charge on any atom is -0.299 e. The maximum Gasteiger partial charge on any atom is 0.135 e. The van der Waals surface area contributed by atoms with Gasteiger partial charge in [-0.2, -0.15) is 0 Å². The highest BCUT2D eigenvalue weighted by atomic mass is 32.1. The molecular formula is C16H24OS. The van der Waals surface area contributed by atoms with Crippen LogP contribution in [0.2, 0.25) is 0 Å². The molecule has 18 heavy (non-hydrogen) atoms. The molecule has 1 saturated carbocycles. The summed E-state index contributed by atoms with van der Waals surface area (Å²) in [4.78, 5) is 13.6. The third kappa shape index (κ3) is 3.68. The Labute approximate surface area is 115 Å². The fourth-order valence-electron chi connectivity index (χ4n) is 2.94. The van der Waals surface area contributed by atoms with Crippen LogP contribution in [-0.2, 0) is 11.2 Å². The average Bonchev–Trinajstić information content (AvgIpc) is 2.85. The smallest absolute Gasteiger partial charge is 0.135 e. The lowest BCUT2D eigenvalue weighted by Crippen LogP contribution is -2.26. The van der Waals surface area contributed by atoms with Crippen molar-refractivity contribution in [3.8, 4) is 0 Å². The van der Waals surface area contributed by atoms with E-state index in [4.69, 9.17) is 0 Å². The van der Waals surface area contributed by atoms with Gasteiger partial charge in [0, 0.05) is 17.2 Å². The fraction of sp³-hybridized carbons (Fsp3) is 0.688. The van der Waals surface area contributed by atoms with Gasteiger partial charge in [0.2, 0.25) is 0 Å². The van der Waals surface area contributed by atoms with Gasteiger partial charge in [0.15, 0.2) is 0 Å². The summed E-state index contributed by atoms with van der Waals surface area (Å²) in [6.45, 7) is 4.62. The van der Waals surface area contributed by atoms with Gasteiger partial charge in [-0.25, -0.2) is 0 Å². The number of aryl methyl sites for hydroxylation is 1. The summed E-state index contributed by atoms with van der Waals surface area (Å²) >= 11 is 1.80. The van der Waals surface area contributed by atoms with Crippen molar-refractivity contribution < 1.29 is 4.79 Å². The minimum atomic E-state index is 0.361. The maximum absolute atomic E-state index is 12.2. The van der Waals surface area contributed by atoms with E-state index >= 15 is 0 Å². The molecule has 0 amide bonds. The first-order chi connectivity index (χ1) is 8.66. The first kappa shape index (κ1) is 13.8. The zero-order chi connectivity index (χ0) is 13.0. The van der Waals surface area contributed by atoms with Crippen molar-refractivity contribution in [2.45, 2.75) is 52.4 Å². The van der Waals surface area contributed by atoms with E-state index in [9.17, 15) is 4.79 Å². The lowest BCUT2D eigenvalue weighted by atomic mass is 9.74. The van der Waals surface area contributed by atoms with Crippen LogP contribution < -0.4 is 0 Å². The summed E-state index contributed by atoms with van der Waals surface area (Å²) in [5.41, 5.74) is 0. The largest absolute Gasteiger partial charge is 0.299 e. The quantitative estimate of drug-likeness (QED) is 0.752. The van der Waals surface area contributed by atoms with Crippen LogP contribution in [0.1, 0.15) is 50.8 Å². The number of hydrogen-bond acceptors (Lipinski definition) is 2. The van der Waals surface area contributed by atoms with Crippen molar-refractivity contribution in [3.05, 3.63) is 22.4 Å². The number of rotatable bonds is 5. The summed E-state index contributed by atoms with van der Waals surface area (Å²) in [5, 5.41) is 2.11. The zero-order valence-corrected chi connectivity index (χ0v) is 12.3. The summed E-state index contributed by atoms with van der Waals surface area (Å²) in [6, 6.07) is 4.26. The van der Waals surface area contributed by atoms with Crippen molar-refractivity contribution in [1.29, 1.82) is 0 Å². The second-order valence-electron chi connectivity index (χ2n) is 5.86. The topological polar surface area (TPSA) is 17.1 Å². The normalized spacial score (nSPS) is 28.2. The fourth-order valence-corrected chi connectivity index (χ4v) is 3.69. The van der Waals surface area contributed by atoms with Gasteiger partial charge in [-0.1, -0.05) is 19.9 Å². The van der Waals surface area contributed by atoms with Gasteiger partial charge >= 0.3 is 0 Å². The number of Topliss-reactive ketones (excluding diaryl/α,β-unsaturated/α-hetero) is 1. The SMILES string of the molecule is CC1CCC(C(=O)CCCc2cccs2)CC1C. The van der Waals surface area contributed by atoms with Gasteiger partial charge in [0.25, 0.3) is 0 Å². The molecule has 3 atom stereocenters. The Morgan fingerprint density at radius 3 is 2.83 bits per heavy atom. The average molecular weight is 264 g/mol. The number of thiophene rings is 1. The molecule has 0 radical (unpaired) electrons. The molecule has 2 heteroatoms. The number of carbonyl (C=O) groups excluding carboxylic acids is 1. The highest BCUT2D eigenvalue weighted by Gasteiger charge is 2.28. The van der Waals surface area contributed by atoms with E-state index in [1.165, 1.54) is 11.3 Å². The Hall–Kier alpha value is -0.630. The van der Waals surface area contributed by atoms with Gasteiger partial charge in [-0.15, -0.1) is 11.3 Å². The molecule has 1 aromatic heterocycles. The lowest BCUT2D eigenvalue weighted by molar-refractivity contribution is -0.124. The van der Waals surface area contributed by atoms with E-state index in [0.29, 0.717) is 11.7 Å². The van der Waals surface area contributed by atoms with E-state index in [2.05, 4.69) is 31.4 Å². The van der Waals surface area contributed by atoms with Crippen molar-refractivity contribution >= 4 is 17.1 Å². The second-order valence-corrected chi connectivity index (χ2v) is 6.90. The molecule has 1 fully saturated rings. The molecule has 1 nitrogen and oxygen atoms in total. The highest BCUT2D eigenvalue weighted by Crippen LogP contribution is 2.34. The van der Waals surface area contributed by atoms with Crippen LogP contribution in [-0.4, -0.2) is 5.78 Å². The van der Waals surface area contributed by atoms with Gasteiger partial charge in [0.1, 0.15) is 5.78 Å². The van der Waals surface area contributed by atoms with Crippen LogP contribution in [0.4, 0.5) is 0 Å². The molecule has 0 spiro atoms. The standard InChI is InChI=1S/C16H24OS/c1-12-8-9-14(11-13(12)2)16(17)7-3-5-15-6-4-10-18-15/h4,6,10,12-14H,3,5,7-9,11H2,1-2H3. The lowest BCUT2D eigenvalue weighted by Gasteiger charge is -2.31. The first-order valence-corrected chi connectivity index (χ1v) is 8.10. The van der Waals surface area contributed by atoms with Crippen LogP contribution in [0.15, 0.2) is 17.5 Å². The van der Waals surface area contributed by atoms with Crippen LogP contribution in [0.3, 0.4) is 0 Å². The number of ketones is 1. The molecule has 2 rings (SSSR count). The summed E-state index contributed by atoms with van der Waals surface area (Å²) < 4.78 is 0. The predicted octanol–water partition coefficient (Wildman–Crippen LogP) is 4.71. The van der Waals surface area contributed by atoms with Crippen molar-refractivity contribution in [1.82, 2.24) is 0 Å². The molecule has 1 aromatic rings. The van der Waals surface area contributed by atoms with Gasteiger partial charge in [0.05, 0.1) is 0 Å². The molecule has 1 aliphatic rings. The van der Waals surface area contributed by atoms with E-state index in [0.717, 1.165) is 43.9 Å². The van der Waals surface area contributed by atoms with Crippen LogP contribution >= 0.6 is 11.3 Å². The van der Waals surface area contributed by atoms with E-state index in [-0.39, 0.29) is 0 Å². The molecule has 0 aromatic carbocycles. The molecule has 0 N–H and O–H groups in total. The molecule has 100 valence electrons. The summed E-state index contributed by atoms with van der Waals surface area (Å²) in [5.74, 6) is 2.41. The number of carbonyl (C=O) groups is 1. The molecule has 0 saturated heterocycles. The Bertz CT molecular complexity index is 368. The molecule has 0 bridgehead atoms. The predicted molar refractivity (Wildman–Crippen MR) is 77.9 cm³/mol. The van der Waals surface area contributed by atoms with Gasteiger partial charge in [-0.05, 0) is 55.4 Å². The van der Waals surface area contributed by atoms with E-state index in [1.54, 1.807) is 11.3 Å². The third-order valence-electron chi connectivity index (χ3n) is 4.48. The Balaban J connectivity index is 1.71. The van der Waals surface area contributed by atoms with Crippen molar-refractivity contribution in [2.24, 2.45) is 17.8 Å². The summed E-state index contributed by atoms with van der Waals surface area (Å²) in [6.07, 6.45) is 6.37. The Morgan fingerprint density at radius 1 is 1.33 bits per heavy atom. The Kier molecular flexibility index (Phi) is 4.99. The van der Waals surface area contributed by atoms with Crippen molar-refractivity contribution in [3.63, 3.8) is 0 Å². The highest BCUT2D eigenvalue weighted by molar-refractivity contribution is 7.09. The second kappa shape index (κ2) is 6.51. The minimum absolute atomic E-state index is 0.361. The van der Waals surface area contributed by atoms with Gasteiger partial charge < -0.3 is 0 Å². The molecule has 3 unspecified atom stereocenters. The van der Waals surface area contributed by atoms with Crippen LogP contribution in [0.5, 0.6) is 0 Å². The van der Waals surface area contributed by atoms with Crippen LogP contribution in [0, 0.1) is 17.8 Å². The first-order valence-electron chi connectivity index (χ1n) is 7.22. The molecule has 1 aliphatic carbocycles. The molecule has 1 heterocycles. The van der Waals surface area contributed by atoms with Gasteiger partial charge in [-0.3, -0.25) is 4.79 Å². The van der Waals surface area contributed by atoms with Crippen molar-refractivity contribution in [2.75, 3.05) is 0 Å². The third-order valence-corrected chi connectivity index (χ3v) is 5.42. The maximum atomic E-state index is 12.2. The summed E-state index contributed by atoms with van der Waals surface area (Å²) in [7, 11) is 0. The number of hydrogen-bond donors (Lipinski definition) is 0. The zero-order valence-electron chi connectivity index (χ0n) is 11.5. The van der Waals surface area contributed by atoms with E-state index in [1.807, 2.05) is 0 Å². The Morgan fingerprint density at radius 2 is 2.17 bits per heavy atom. The monoisotopic (exact) mass is 264 g/mol. The van der Waals surface area contributed by atoms with E-state index < -0.39 is 0 Å².